The van der Waals surface area contributed by atoms with Crippen LogP contribution in [0.1, 0.15) is 31.8 Å². The molecule has 0 aliphatic carbocycles. The zero-order valence-electron chi connectivity index (χ0n) is 20.4. The Morgan fingerprint density at radius 1 is 0.667 bits per heavy atom. The fourth-order valence-electron chi connectivity index (χ4n) is 3.52. The Hall–Kier alpha value is -5.25. The number of halogens is 2. The number of anilines is 1. The van der Waals surface area contributed by atoms with Gasteiger partial charge in [0, 0.05) is 0 Å². The Morgan fingerprint density at radius 2 is 1.33 bits per heavy atom. The van der Waals surface area contributed by atoms with Gasteiger partial charge in [0.25, 0.3) is 11.8 Å². The molecule has 8 nitrogen and oxygen atoms in total. The van der Waals surface area contributed by atoms with Gasteiger partial charge in [-0.15, -0.1) is 0 Å². The maximum atomic E-state index is 14.0. The van der Waals surface area contributed by atoms with E-state index in [2.05, 4.69) is 16.2 Å². The first-order chi connectivity index (χ1) is 18.9. The topological polar surface area (TPSA) is 106 Å². The first-order valence-corrected chi connectivity index (χ1v) is 11.7. The van der Waals surface area contributed by atoms with Crippen LogP contribution in [0.4, 0.5) is 19.3 Å². The standard InChI is InChI=1S/C29H23F2N3O5/c30-23-13-7-14-24(31)26(23)28(36)32-25-15-5-4-12-22(25)27(35)33-34-29(37)39-18-20-10-6-11-21(16-20)38-17-19-8-2-1-3-9-19/h1-16H,17-18H2,(H,32,36)(H,33,35)(H,34,37). The van der Waals surface area contributed by atoms with E-state index >= 15 is 0 Å². The summed E-state index contributed by atoms with van der Waals surface area (Å²) in [5, 5.41) is 2.31. The predicted molar refractivity (Wildman–Crippen MR) is 139 cm³/mol. The van der Waals surface area contributed by atoms with Crippen molar-refractivity contribution in [1.82, 2.24) is 10.9 Å². The molecule has 0 saturated carbocycles. The molecule has 0 heterocycles. The molecule has 0 unspecified atom stereocenters. The van der Waals surface area contributed by atoms with E-state index in [0.717, 1.165) is 23.8 Å². The summed E-state index contributed by atoms with van der Waals surface area (Å²) in [6, 6.07) is 25.4. The summed E-state index contributed by atoms with van der Waals surface area (Å²) in [7, 11) is 0. The molecule has 0 radical (unpaired) electrons. The lowest BCUT2D eigenvalue weighted by Gasteiger charge is -2.13. The molecule has 198 valence electrons. The molecule has 4 aromatic rings. The summed E-state index contributed by atoms with van der Waals surface area (Å²) >= 11 is 0. The number of nitrogens with one attached hydrogen (secondary N) is 3. The van der Waals surface area contributed by atoms with Crippen molar-refractivity contribution < 1.29 is 32.6 Å². The second kappa shape index (κ2) is 12.8. The number of ether oxygens (including phenoxy) is 2. The molecular weight excluding hydrogens is 508 g/mol. The quantitative estimate of drug-likeness (QED) is 0.265. The van der Waals surface area contributed by atoms with Gasteiger partial charge in [-0.1, -0.05) is 60.7 Å². The van der Waals surface area contributed by atoms with Crippen LogP contribution in [0.5, 0.6) is 5.75 Å². The van der Waals surface area contributed by atoms with E-state index in [9.17, 15) is 23.2 Å². The van der Waals surface area contributed by atoms with Gasteiger partial charge in [0.05, 0.1) is 11.3 Å². The summed E-state index contributed by atoms with van der Waals surface area (Å²) in [4.78, 5) is 37.2. The van der Waals surface area contributed by atoms with Crippen molar-refractivity contribution in [3.8, 4) is 5.75 Å². The van der Waals surface area contributed by atoms with Crippen molar-refractivity contribution in [2.75, 3.05) is 5.32 Å². The molecule has 0 aliphatic rings. The lowest BCUT2D eigenvalue weighted by Crippen LogP contribution is -2.42. The van der Waals surface area contributed by atoms with Gasteiger partial charge in [-0.3, -0.25) is 15.0 Å². The largest absolute Gasteiger partial charge is 0.489 e. The van der Waals surface area contributed by atoms with E-state index in [1.807, 2.05) is 30.3 Å². The molecule has 0 aromatic heterocycles. The van der Waals surface area contributed by atoms with Crippen LogP contribution in [0, 0.1) is 11.6 Å². The second-order valence-corrected chi connectivity index (χ2v) is 8.17. The average molecular weight is 532 g/mol. The second-order valence-electron chi connectivity index (χ2n) is 8.17. The third-order valence-electron chi connectivity index (χ3n) is 5.40. The minimum absolute atomic E-state index is 0.0230. The molecule has 0 aliphatic heterocycles. The fourth-order valence-corrected chi connectivity index (χ4v) is 3.52. The molecule has 39 heavy (non-hydrogen) atoms. The van der Waals surface area contributed by atoms with Gasteiger partial charge in [0.1, 0.15) is 36.2 Å². The van der Waals surface area contributed by atoms with Gasteiger partial charge in [-0.25, -0.2) is 19.0 Å². The number of hydrogen-bond acceptors (Lipinski definition) is 5. The monoisotopic (exact) mass is 531 g/mol. The summed E-state index contributed by atoms with van der Waals surface area (Å²) in [6.45, 7) is 0.292. The maximum absolute atomic E-state index is 14.0. The van der Waals surface area contributed by atoms with E-state index in [0.29, 0.717) is 17.9 Å². The van der Waals surface area contributed by atoms with Crippen LogP contribution in [0.2, 0.25) is 0 Å². The normalized spacial score (nSPS) is 10.3. The maximum Gasteiger partial charge on any atom is 0.426 e. The lowest BCUT2D eigenvalue weighted by molar-refractivity contribution is 0.0905. The summed E-state index contributed by atoms with van der Waals surface area (Å²) in [5.41, 5.74) is 5.09. The van der Waals surface area contributed by atoms with Crippen LogP contribution in [-0.2, 0) is 18.0 Å². The van der Waals surface area contributed by atoms with Crippen LogP contribution in [0.15, 0.2) is 97.1 Å². The number of para-hydroxylation sites is 1. The summed E-state index contributed by atoms with van der Waals surface area (Å²) in [6.07, 6.45) is -0.936. The van der Waals surface area contributed by atoms with Crippen molar-refractivity contribution in [2.24, 2.45) is 0 Å². The van der Waals surface area contributed by atoms with E-state index in [-0.39, 0.29) is 17.9 Å². The van der Waals surface area contributed by atoms with E-state index in [1.54, 1.807) is 24.3 Å². The Morgan fingerprint density at radius 3 is 2.10 bits per heavy atom. The lowest BCUT2D eigenvalue weighted by atomic mass is 10.1. The van der Waals surface area contributed by atoms with Gasteiger partial charge in [0.15, 0.2) is 0 Å². The number of amides is 3. The fraction of sp³-hybridized carbons (Fsp3) is 0.0690. The van der Waals surface area contributed by atoms with Crippen LogP contribution in [0.3, 0.4) is 0 Å². The Labute approximate surface area is 222 Å². The number of benzene rings is 4. The Balaban J connectivity index is 1.29. The molecule has 0 bridgehead atoms. The van der Waals surface area contributed by atoms with Crippen molar-refractivity contribution in [2.45, 2.75) is 13.2 Å². The van der Waals surface area contributed by atoms with E-state index in [4.69, 9.17) is 9.47 Å². The molecule has 10 heteroatoms. The van der Waals surface area contributed by atoms with Gasteiger partial charge in [0.2, 0.25) is 0 Å². The van der Waals surface area contributed by atoms with Gasteiger partial charge >= 0.3 is 6.09 Å². The number of rotatable bonds is 8. The Bertz CT molecular complexity index is 1460. The molecule has 4 aromatic carbocycles. The number of hydrazine groups is 1. The average Bonchev–Trinajstić information content (AvgIpc) is 2.94. The molecular formula is C29H23F2N3O5. The molecule has 0 fully saturated rings. The third kappa shape index (κ3) is 7.39. The SMILES string of the molecule is O=C(NNC(=O)c1ccccc1NC(=O)c1c(F)cccc1F)OCc1cccc(OCc2ccccc2)c1. The minimum atomic E-state index is -1.08. The van der Waals surface area contributed by atoms with Crippen LogP contribution < -0.4 is 20.9 Å². The first-order valence-electron chi connectivity index (χ1n) is 11.7. The highest BCUT2D eigenvalue weighted by molar-refractivity contribution is 6.09. The number of hydrogen-bond donors (Lipinski definition) is 3. The molecule has 3 amide bonds. The number of carbonyl (C=O) groups is 3. The number of carbonyl (C=O) groups excluding carboxylic acids is 3. The predicted octanol–water partition coefficient (Wildman–Crippen LogP) is 5.37. The first kappa shape index (κ1) is 26.8. The third-order valence-corrected chi connectivity index (χ3v) is 5.40. The zero-order chi connectivity index (χ0) is 27.6. The van der Waals surface area contributed by atoms with Gasteiger partial charge in [-0.05, 0) is 47.5 Å². The summed E-state index contributed by atoms with van der Waals surface area (Å²) in [5.74, 6) is -3.37. The van der Waals surface area contributed by atoms with Crippen molar-refractivity contribution in [3.05, 3.63) is 131 Å². The highest BCUT2D eigenvalue weighted by atomic mass is 19.1. The minimum Gasteiger partial charge on any atom is -0.489 e. The molecule has 0 saturated heterocycles. The molecule has 3 N–H and O–H groups in total. The van der Waals surface area contributed by atoms with Crippen LogP contribution in [-0.4, -0.2) is 17.9 Å². The van der Waals surface area contributed by atoms with E-state index < -0.39 is 35.1 Å². The van der Waals surface area contributed by atoms with Gasteiger partial charge < -0.3 is 14.8 Å². The zero-order valence-corrected chi connectivity index (χ0v) is 20.4. The molecule has 0 spiro atoms. The van der Waals surface area contributed by atoms with Crippen molar-refractivity contribution >= 4 is 23.6 Å². The van der Waals surface area contributed by atoms with Gasteiger partial charge in [-0.2, -0.15) is 0 Å². The van der Waals surface area contributed by atoms with Crippen LogP contribution in [0.25, 0.3) is 0 Å². The van der Waals surface area contributed by atoms with Crippen LogP contribution >= 0.6 is 0 Å². The molecule has 0 atom stereocenters. The van der Waals surface area contributed by atoms with Crippen molar-refractivity contribution in [1.29, 1.82) is 0 Å². The molecule has 4 rings (SSSR count). The Kier molecular flexibility index (Phi) is 8.81. The highest BCUT2D eigenvalue weighted by Gasteiger charge is 2.20. The van der Waals surface area contributed by atoms with E-state index in [1.165, 1.54) is 24.3 Å². The highest BCUT2D eigenvalue weighted by Crippen LogP contribution is 2.19. The van der Waals surface area contributed by atoms with Crippen molar-refractivity contribution in [3.63, 3.8) is 0 Å². The smallest absolute Gasteiger partial charge is 0.426 e. The summed E-state index contributed by atoms with van der Waals surface area (Å²) < 4.78 is 38.8.